The van der Waals surface area contributed by atoms with Crippen LogP contribution in [0.4, 0.5) is 0 Å². The van der Waals surface area contributed by atoms with Crippen LogP contribution in [0.25, 0.3) is 0 Å². The number of hydrogen-bond donors (Lipinski definition) is 1. The number of nitrogens with zero attached hydrogens (tertiary/aromatic N) is 1. The Balaban J connectivity index is 2.52. The smallest absolute Gasteiger partial charge is 0.0467 e. The summed E-state index contributed by atoms with van der Waals surface area (Å²) in [7, 11) is 0. The minimum Gasteiger partial charge on any atom is -0.313 e. The molecule has 1 aliphatic rings. The van der Waals surface area contributed by atoms with Crippen LogP contribution >= 0.6 is 0 Å². The summed E-state index contributed by atoms with van der Waals surface area (Å²) < 4.78 is 0. The molecule has 0 fully saturated rings. The van der Waals surface area contributed by atoms with E-state index in [0.717, 1.165) is 13.1 Å². The van der Waals surface area contributed by atoms with Crippen molar-refractivity contribution < 1.29 is 0 Å². The molecule has 0 radical (unpaired) electrons. The van der Waals surface area contributed by atoms with Gasteiger partial charge in [0.1, 0.15) is 0 Å². The van der Waals surface area contributed by atoms with Crippen LogP contribution in [0.5, 0.6) is 0 Å². The van der Waals surface area contributed by atoms with E-state index in [9.17, 15) is 0 Å². The van der Waals surface area contributed by atoms with Gasteiger partial charge in [-0.1, -0.05) is 27.7 Å². The van der Waals surface area contributed by atoms with E-state index >= 15 is 0 Å². The topological polar surface area (TPSA) is 24.9 Å². The lowest BCUT2D eigenvalue weighted by Gasteiger charge is -2.24. The first-order valence-electron chi connectivity index (χ1n) is 6.79. The van der Waals surface area contributed by atoms with E-state index < -0.39 is 0 Å². The molecule has 2 rings (SSSR count). The molecule has 94 valence electrons. The van der Waals surface area contributed by atoms with Gasteiger partial charge in [-0.3, -0.25) is 4.98 Å². The third-order valence-electron chi connectivity index (χ3n) is 3.78. The molecule has 0 aromatic carbocycles. The third kappa shape index (κ3) is 2.52. The molecule has 1 unspecified atom stereocenters. The zero-order chi connectivity index (χ0) is 12.4. The summed E-state index contributed by atoms with van der Waals surface area (Å²) >= 11 is 0. The lowest BCUT2D eigenvalue weighted by molar-refractivity contribution is 0.461. The van der Waals surface area contributed by atoms with Gasteiger partial charge in [0.2, 0.25) is 0 Å². The van der Waals surface area contributed by atoms with Crippen LogP contribution in [-0.2, 0) is 6.54 Å². The lowest BCUT2D eigenvalue weighted by atomic mass is 9.81. The Morgan fingerprint density at radius 2 is 2.06 bits per heavy atom. The maximum Gasteiger partial charge on any atom is 0.0467 e. The molecule has 1 aromatic rings. The molecule has 0 amide bonds. The predicted octanol–water partition coefficient (Wildman–Crippen LogP) is 3.44. The Morgan fingerprint density at radius 3 is 2.71 bits per heavy atom. The van der Waals surface area contributed by atoms with E-state index in [1.807, 2.05) is 6.20 Å². The highest BCUT2D eigenvalue weighted by atomic mass is 14.9. The number of nitrogens with one attached hydrogen (secondary N) is 1. The fraction of sp³-hybridized carbons (Fsp3) is 0.667. The summed E-state index contributed by atoms with van der Waals surface area (Å²) in [4.78, 5) is 4.64. The molecule has 2 heteroatoms. The van der Waals surface area contributed by atoms with Crippen LogP contribution in [0.1, 0.15) is 62.8 Å². The molecule has 1 aliphatic heterocycles. The van der Waals surface area contributed by atoms with Crippen LogP contribution in [0, 0.1) is 5.92 Å². The first kappa shape index (κ1) is 12.6. The second-order valence-corrected chi connectivity index (χ2v) is 5.74. The Hall–Kier alpha value is -0.890. The summed E-state index contributed by atoms with van der Waals surface area (Å²) in [6.07, 6.45) is 3.20. The van der Waals surface area contributed by atoms with E-state index in [1.54, 1.807) is 0 Å². The maximum atomic E-state index is 4.64. The monoisotopic (exact) mass is 232 g/mol. The minimum atomic E-state index is 0.518. The van der Waals surface area contributed by atoms with Gasteiger partial charge in [0.05, 0.1) is 0 Å². The molecule has 0 saturated heterocycles. The molecule has 1 aromatic heterocycles. The van der Waals surface area contributed by atoms with Crippen molar-refractivity contribution in [2.45, 2.75) is 52.5 Å². The normalized spacial score (nSPS) is 20.5. The van der Waals surface area contributed by atoms with Gasteiger partial charge in [-0.15, -0.1) is 0 Å². The van der Waals surface area contributed by atoms with Gasteiger partial charge in [0, 0.05) is 18.4 Å². The van der Waals surface area contributed by atoms with Crippen LogP contribution in [0.2, 0.25) is 0 Å². The Labute approximate surface area is 105 Å². The average Bonchev–Trinajstić information content (AvgIpc) is 2.50. The van der Waals surface area contributed by atoms with Gasteiger partial charge in [0.25, 0.3) is 0 Å². The van der Waals surface area contributed by atoms with Gasteiger partial charge in [-0.05, 0) is 47.9 Å². The summed E-state index contributed by atoms with van der Waals surface area (Å²) in [5.74, 6) is 1.87. The standard InChI is InChI=1S/C15H24N2/c1-10(2)13-6-7-16-9-12-5-8-17-15(11(3)4)14(12)13/h5,8,10-11,13,16H,6-7,9H2,1-4H3. The van der Waals surface area contributed by atoms with Gasteiger partial charge in [-0.25, -0.2) is 0 Å². The summed E-state index contributed by atoms with van der Waals surface area (Å²) in [6.45, 7) is 11.3. The number of aromatic nitrogens is 1. The maximum absolute atomic E-state index is 4.64. The highest BCUT2D eigenvalue weighted by Gasteiger charge is 2.25. The van der Waals surface area contributed by atoms with Crippen LogP contribution in [0.3, 0.4) is 0 Å². The lowest BCUT2D eigenvalue weighted by Crippen LogP contribution is -2.14. The SMILES string of the molecule is CC(C)c1nccc2c1C(C(C)C)CCNC2. The van der Waals surface area contributed by atoms with E-state index in [4.69, 9.17) is 0 Å². The largest absolute Gasteiger partial charge is 0.313 e. The quantitative estimate of drug-likeness (QED) is 0.845. The van der Waals surface area contributed by atoms with E-state index in [0.29, 0.717) is 17.8 Å². The zero-order valence-electron chi connectivity index (χ0n) is 11.5. The van der Waals surface area contributed by atoms with Crippen molar-refractivity contribution in [2.75, 3.05) is 6.54 Å². The molecule has 0 bridgehead atoms. The molecule has 2 nitrogen and oxygen atoms in total. The average molecular weight is 232 g/mol. The molecule has 2 heterocycles. The van der Waals surface area contributed by atoms with Gasteiger partial charge in [-0.2, -0.15) is 0 Å². The van der Waals surface area contributed by atoms with Gasteiger partial charge >= 0.3 is 0 Å². The van der Waals surface area contributed by atoms with E-state index in [2.05, 4.69) is 44.1 Å². The van der Waals surface area contributed by atoms with Crippen molar-refractivity contribution in [1.82, 2.24) is 10.3 Å². The molecule has 0 spiro atoms. The minimum absolute atomic E-state index is 0.518. The van der Waals surface area contributed by atoms with E-state index in [-0.39, 0.29) is 0 Å². The molecule has 0 saturated carbocycles. The van der Waals surface area contributed by atoms with Crippen LogP contribution in [-0.4, -0.2) is 11.5 Å². The fourth-order valence-corrected chi connectivity index (χ4v) is 2.87. The molecular weight excluding hydrogens is 208 g/mol. The van der Waals surface area contributed by atoms with Gasteiger partial charge < -0.3 is 5.32 Å². The number of fused-ring (bicyclic) bond motifs is 1. The molecular formula is C15H24N2. The fourth-order valence-electron chi connectivity index (χ4n) is 2.87. The second-order valence-electron chi connectivity index (χ2n) is 5.74. The van der Waals surface area contributed by atoms with Crippen molar-refractivity contribution in [1.29, 1.82) is 0 Å². The number of pyridine rings is 1. The first-order chi connectivity index (χ1) is 8.11. The highest BCUT2D eigenvalue weighted by molar-refractivity contribution is 5.36. The first-order valence-corrected chi connectivity index (χ1v) is 6.79. The molecule has 17 heavy (non-hydrogen) atoms. The Morgan fingerprint density at radius 1 is 1.29 bits per heavy atom. The number of hydrogen-bond acceptors (Lipinski definition) is 2. The van der Waals surface area contributed by atoms with E-state index in [1.165, 1.54) is 23.2 Å². The Bertz CT molecular complexity index is 383. The molecule has 1 atom stereocenters. The van der Waals surface area contributed by atoms with Crippen molar-refractivity contribution in [3.63, 3.8) is 0 Å². The van der Waals surface area contributed by atoms with Crippen molar-refractivity contribution in [2.24, 2.45) is 5.92 Å². The molecule has 0 aliphatic carbocycles. The summed E-state index contributed by atoms with van der Waals surface area (Å²) in [5.41, 5.74) is 4.30. The highest BCUT2D eigenvalue weighted by Crippen LogP contribution is 2.36. The summed E-state index contributed by atoms with van der Waals surface area (Å²) in [5, 5.41) is 3.53. The van der Waals surface area contributed by atoms with Crippen molar-refractivity contribution in [3.05, 3.63) is 29.1 Å². The van der Waals surface area contributed by atoms with Crippen LogP contribution in [0.15, 0.2) is 12.3 Å². The summed E-state index contributed by atoms with van der Waals surface area (Å²) in [6, 6.07) is 2.19. The second kappa shape index (κ2) is 5.18. The third-order valence-corrected chi connectivity index (χ3v) is 3.78. The zero-order valence-corrected chi connectivity index (χ0v) is 11.5. The Kier molecular flexibility index (Phi) is 3.82. The number of rotatable bonds is 2. The van der Waals surface area contributed by atoms with Gasteiger partial charge in [0.15, 0.2) is 0 Å². The van der Waals surface area contributed by atoms with Crippen molar-refractivity contribution in [3.8, 4) is 0 Å². The molecule has 1 N–H and O–H groups in total. The van der Waals surface area contributed by atoms with Crippen LogP contribution < -0.4 is 5.32 Å². The predicted molar refractivity (Wildman–Crippen MR) is 72.2 cm³/mol. The van der Waals surface area contributed by atoms with Crippen molar-refractivity contribution >= 4 is 0 Å².